The molecule has 6 fully saturated rings. The molecule has 49 heavy (non-hydrogen) atoms. The number of esters is 1. The highest BCUT2D eigenvalue weighted by molar-refractivity contribution is 5.81. The quantitative estimate of drug-likeness (QED) is 0.198. The van der Waals surface area contributed by atoms with Gasteiger partial charge in [0.05, 0.1) is 11.8 Å². The fourth-order valence-electron chi connectivity index (χ4n) is 14.1. The maximum atomic E-state index is 13.8. The number of amides is 1. The molecule has 1 aliphatic heterocycles. The van der Waals surface area contributed by atoms with Crippen molar-refractivity contribution in [2.45, 2.75) is 151 Å². The predicted octanol–water partition coefficient (Wildman–Crippen LogP) is 8.27. The SMILES string of the molecule is C=C(C)[C@@H]1CC[C@]2(CC(=O)N[C@@H]3CCN(C)C3)CC[C@]3(C)[C@H](CC[C@@H]4[C@@]5(C)CC[C@H](OC(=O)CC(C)(C)C(=O)O)C(C)(C)[C@@H]5CC[C@]43C)[C@@H]12. The highest BCUT2D eigenvalue weighted by atomic mass is 16.5. The van der Waals surface area contributed by atoms with Crippen LogP contribution in [0.25, 0.3) is 0 Å². The zero-order valence-corrected chi connectivity index (χ0v) is 32.4. The maximum absolute atomic E-state index is 13.8. The fourth-order valence-corrected chi connectivity index (χ4v) is 14.1. The van der Waals surface area contributed by atoms with Gasteiger partial charge in [0.2, 0.25) is 5.91 Å². The van der Waals surface area contributed by atoms with Crippen LogP contribution < -0.4 is 5.32 Å². The zero-order valence-electron chi connectivity index (χ0n) is 32.4. The van der Waals surface area contributed by atoms with Crippen molar-refractivity contribution in [3.63, 3.8) is 0 Å². The van der Waals surface area contributed by atoms with E-state index < -0.39 is 11.4 Å². The monoisotopic (exact) mass is 681 g/mol. The molecule has 1 saturated heterocycles. The number of hydrogen-bond acceptors (Lipinski definition) is 5. The van der Waals surface area contributed by atoms with Crippen LogP contribution in [-0.4, -0.2) is 60.1 Å². The molecule has 0 spiro atoms. The molecule has 1 amide bonds. The summed E-state index contributed by atoms with van der Waals surface area (Å²) in [6, 6.07) is 0.282. The van der Waals surface area contributed by atoms with Crippen LogP contribution in [0, 0.1) is 62.1 Å². The van der Waals surface area contributed by atoms with Crippen LogP contribution in [0.3, 0.4) is 0 Å². The molecular formula is C42H68N2O5. The van der Waals surface area contributed by atoms with Crippen molar-refractivity contribution < 1.29 is 24.2 Å². The van der Waals surface area contributed by atoms with Crippen LogP contribution in [0.5, 0.6) is 0 Å². The Morgan fingerprint density at radius 2 is 1.61 bits per heavy atom. The lowest BCUT2D eigenvalue weighted by Crippen LogP contribution is -2.67. The topological polar surface area (TPSA) is 95.9 Å². The second-order valence-electron chi connectivity index (χ2n) is 20.2. The molecule has 0 aromatic rings. The molecule has 6 aliphatic rings. The number of nitrogens with one attached hydrogen (secondary N) is 1. The lowest BCUT2D eigenvalue weighted by atomic mass is 9.32. The maximum Gasteiger partial charge on any atom is 0.309 e. The van der Waals surface area contributed by atoms with Crippen molar-refractivity contribution in [3.05, 3.63) is 12.2 Å². The van der Waals surface area contributed by atoms with Crippen LogP contribution in [0.2, 0.25) is 0 Å². The molecule has 0 aromatic heterocycles. The number of carbonyl (C=O) groups is 3. The highest BCUT2D eigenvalue weighted by Gasteiger charge is 2.71. The molecule has 276 valence electrons. The molecule has 1 heterocycles. The Bertz CT molecular complexity index is 1360. The van der Waals surface area contributed by atoms with Gasteiger partial charge in [-0.3, -0.25) is 14.4 Å². The molecule has 5 saturated carbocycles. The van der Waals surface area contributed by atoms with Crippen molar-refractivity contribution in [3.8, 4) is 0 Å². The number of ether oxygens (including phenoxy) is 1. The van der Waals surface area contributed by atoms with Gasteiger partial charge in [0.1, 0.15) is 6.10 Å². The van der Waals surface area contributed by atoms with E-state index in [1.54, 1.807) is 13.8 Å². The second-order valence-corrected chi connectivity index (χ2v) is 20.2. The number of carboxylic acid groups (broad SMARTS) is 1. The zero-order chi connectivity index (χ0) is 35.9. The number of carboxylic acids is 1. The van der Waals surface area contributed by atoms with Gasteiger partial charge in [0, 0.05) is 24.4 Å². The van der Waals surface area contributed by atoms with Gasteiger partial charge in [-0.25, -0.2) is 0 Å². The summed E-state index contributed by atoms with van der Waals surface area (Å²) >= 11 is 0. The van der Waals surface area contributed by atoms with E-state index in [1.165, 1.54) is 37.7 Å². The third-order valence-electron chi connectivity index (χ3n) is 16.9. The first-order valence-electron chi connectivity index (χ1n) is 19.8. The minimum atomic E-state index is -1.14. The number of carbonyl (C=O) groups excluding carboxylic acids is 2. The smallest absolute Gasteiger partial charge is 0.309 e. The molecule has 11 atom stereocenters. The first kappa shape index (κ1) is 36.9. The number of hydrogen-bond donors (Lipinski definition) is 2. The third-order valence-corrected chi connectivity index (χ3v) is 16.9. The standard InChI is InChI=1S/C42H68N2O5/c1-26(2)28-13-19-42(23-33(45)43-27-16-22-44(10)25-27)21-20-40(8)29(35(28)42)11-12-31-39(7)17-15-32(49-34(46)24-37(3,4)36(47)48)38(5,6)30(39)14-18-41(31,40)9/h27-32,35H,1,11-25H2,2-10H3,(H,43,45)(H,47,48)/t27-,28+,29-,30+,31-,32+,35-,39+,40-,41-,42-/m1/s1. The van der Waals surface area contributed by atoms with E-state index in [4.69, 9.17) is 4.74 Å². The number of aliphatic carboxylic acids is 1. The van der Waals surface area contributed by atoms with Crippen molar-refractivity contribution in [2.75, 3.05) is 20.1 Å². The Balaban J connectivity index is 1.23. The minimum Gasteiger partial charge on any atom is -0.481 e. The predicted molar refractivity (Wildman–Crippen MR) is 194 cm³/mol. The van der Waals surface area contributed by atoms with Crippen LogP contribution in [0.4, 0.5) is 0 Å². The molecule has 0 unspecified atom stereocenters. The average Bonchev–Trinajstić information content (AvgIpc) is 3.57. The van der Waals surface area contributed by atoms with Gasteiger partial charge in [0.15, 0.2) is 0 Å². The van der Waals surface area contributed by atoms with Crippen LogP contribution >= 0.6 is 0 Å². The van der Waals surface area contributed by atoms with Crippen molar-refractivity contribution in [2.24, 2.45) is 62.1 Å². The number of likely N-dealkylation sites (N-methyl/N-ethyl adjacent to an activating group) is 1. The Morgan fingerprint density at radius 3 is 2.24 bits per heavy atom. The molecule has 2 N–H and O–H groups in total. The van der Waals surface area contributed by atoms with Gasteiger partial charge in [-0.15, -0.1) is 0 Å². The largest absolute Gasteiger partial charge is 0.481 e. The molecule has 0 radical (unpaired) electrons. The average molecular weight is 681 g/mol. The van der Waals surface area contributed by atoms with E-state index in [2.05, 4.69) is 65.4 Å². The van der Waals surface area contributed by atoms with Gasteiger partial charge < -0.3 is 20.1 Å². The van der Waals surface area contributed by atoms with Crippen LogP contribution in [0.15, 0.2) is 12.2 Å². The highest BCUT2D eigenvalue weighted by Crippen LogP contribution is 2.78. The van der Waals surface area contributed by atoms with E-state index >= 15 is 0 Å². The van der Waals surface area contributed by atoms with Crippen LogP contribution in [-0.2, 0) is 19.1 Å². The molecule has 6 rings (SSSR count). The summed E-state index contributed by atoms with van der Waals surface area (Å²) in [4.78, 5) is 40.9. The summed E-state index contributed by atoms with van der Waals surface area (Å²) in [5.74, 6) is 1.57. The Morgan fingerprint density at radius 1 is 0.898 bits per heavy atom. The van der Waals surface area contributed by atoms with Crippen molar-refractivity contribution >= 4 is 17.8 Å². The lowest BCUT2D eigenvalue weighted by molar-refractivity contribution is -0.250. The van der Waals surface area contributed by atoms with E-state index in [0.29, 0.717) is 36.0 Å². The fraction of sp³-hybridized carbons (Fsp3) is 0.881. The lowest BCUT2D eigenvalue weighted by Gasteiger charge is -2.73. The minimum absolute atomic E-state index is 0.0752. The molecule has 0 aromatic carbocycles. The summed E-state index contributed by atoms with van der Waals surface area (Å²) in [7, 11) is 2.15. The molecule has 0 bridgehead atoms. The summed E-state index contributed by atoms with van der Waals surface area (Å²) in [5.41, 5.74) is 0.634. The number of likely N-dealkylation sites (tertiary alicyclic amines) is 1. The third kappa shape index (κ3) is 5.82. The second kappa shape index (κ2) is 12.4. The Hall–Kier alpha value is -1.89. The first-order chi connectivity index (χ1) is 22.7. The van der Waals surface area contributed by atoms with Crippen LogP contribution in [0.1, 0.15) is 139 Å². The number of fused-ring (bicyclic) bond motifs is 7. The number of nitrogens with zero attached hydrogens (tertiary/aromatic N) is 1. The van der Waals surface area contributed by atoms with Gasteiger partial charge in [0.25, 0.3) is 0 Å². The van der Waals surface area contributed by atoms with Crippen molar-refractivity contribution in [1.82, 2.24) is 10.2 Å². The Kier molecular flexibility index (Phi) is 9.31. The Labute approximate surface area is 297 Å². The van der Waals surface area contributed by atoms with Gasteiger partial charge in [-0.2, -0.15) is 0 Å². The summed E-state index contributed by atoms with van der Waals surface area (Å²) in [6.45, 7) is 24.5. The van der Waals surface area contributed by atoms with E-state index in [9.17, 15) is 19.5 Å². The number of allylic oxidation sites excluding steroid dienone is 1. The molecule has 5 aliphatic carbocycles. The summed E-state index contributed by atoms with van der Waals surface area (Å²) < 4.78 is 6.18. The number of rotatable bonds is 8. The van der Waals surface area contributed by atoms with E-state index in [-0.39, 0.29) is 57.5 Å². The normalized spacial score (nSPS) is 44.6. The first-order valence-corrected chi connectivity index (χ1v) is 19.8. The summed E-state index contributed by atoms with van der Waals surface area (Å²) in [5, 5.41) is 13.1. The van der Waals surface area contributed by atoms with Crippen molar-refractivity contribution in [1.29, 1.82) is 0 Å². The van der Waals surface area contributed by atoms with Gasteiger partial charge >= 0.3 is 11.9 Å². The van der Waals surface area contributed by atoms with Gasteiger partial charge in [-0.05, 0) is 156 Å². The van der Waals surface area contributed by atoms with E-state index in [0.717, 1.165) is 51.6 Å². The molecular weight excluding hydrogens is 612 g/mol. The van der Waals surface area contributed by atoms with E-state index in [1.807, 2.05) is 0 Å². The van der Waals surface area contributed by atoms with Gasteiger partial charge in [-0.1, -0.05) is 46.8 Å². The summed E-state index contributed by atoms with van der Waals surface area (Å²) in [6.07, 6.45) is 12.7. The molecule has 7 heteroatoms. The molecule has 7 nitrogen and oxygen atoms in total.